The average molecular weight is 747 g/mol. The zero-order chi connectivity index (χ0) is 38.5. The van der Waals surface area contributed by atoms with Crippen molar-refractivity contribution in [1.29, 1.82) is 0 Å². The molecule has 3 fully saturated rings. The van der Waals surface area contributed by atoms with Gasteiger partial charge in [0.15, 0.2) is 12.2 Å². The Morgan fingerprint density at radius 1 is 1.04 bits per heavy atom. The molecule has 53 heavy (non-hydrogen) atoms. The standard InChI is InChI=1S/C37H58N6O10/c1-2-3-4-5-6-9-31(47)42-27(17-22-10-13-25(46)14-11-22)35(51)43-28-19-26(52-36-33(49)32(48)30(21-45)53-36)15-12-23(28)18-29(43)34(50)41-24(20-44)8-7-16-40-37(38)39/h10-11,13-14,20,23-24,26-30,32-33,36,45-46,48-49H,2-9,12,15-19,21H2,1H3,(H,41,50)(H,42,47)(H4,38,39,40)/t23-,24?,26?,27-,28-,29-,30?,32?,33?,36?/m0/s1. The van der Waals surface area contributed by atoms with Gasteiger partial charge in [0.1, 0.15) is 42.4 Å². The quantitative estimate of drug-likeness (QED) is 0.0383. The van der Waals surface area contributed by atoms with E-state index in [0.29, 0.717) is 44.0 Å². The number of nitrogens with one attached hydrogen (secondary N) is 2. The number of carbonyl (C=O) groups is 4. The second-order valence-electron chi connectivity index (χ2n) is 14.5. The number of aldehydes is 1. The Bertz CT molecular complexity index is 1380. The van der Waals surface area contributed by atoms with E-state index in [9.17, 15) is 39.6 Å². The Morgan fingerprint density at radius 2 is 1.77 bits per heavy atom. The minimum Gasteiger partial charge on any atom is -0.508 e. The van der Waals surface area contributed by atoms with Crippen molar-refractivity contribution in [2.75, 3.05) is 13.2 Å². The van der Waals surface area contributed by atoms with Crippen LogP contribution in [-0.2, 0) is 35.1 Å². The highest BCUT2D eigenvalue weighted by Gasteiger charge is 2.52. The Balaban J connectivity index is 1.58. The van der Waals surface area contributed by atoms with Crippen molar-refractivity contribution in [1.82, 2.24) is 15.5 Å². The molecule has 6 unspecified atom stereocenters. The summed E-state index contributed by atoms with van der Waals surface area (Å²) in [6, 6.07) is 3.00. The normalized spacial score (nSPS) is 27.7. The summed E-state index contributed by atoms with van der Waals surface area (Å²) in [4.78, 5) is 59.6. The molecule has 2 saturated heterocycles. The van der Waals surface area contributed by atoms with Crippen LogP contribution in [-0.4, -0.2) is 123 Å². The highest BCUT2D eigenvalue weighted by atomic mass is 16.7. The summed E-state index contributed by atoms with van der Waals surface area (Å²) in [6.07, 6.45) is 2.64. The van der Waals surface area contributed by atoms with E-state index in [-0.39, 0.29) is 55.8 Å². The first-order chi connectivity index (χ1) is 25.4. The molecule has 10 atom stereocenters. The number of phenols is 1. The Hall–Kier alpha value is -3.83. The van der Waals surface area contributed by atoms with Crippen LogP contribution in [0.1, 0.15) is 89.5 Å². The maximum absolute atomic E-state index is 14.8. The molecule has 16 nitrogen and oxygen atoms in total. The molecule has 1 aromatic carbocycles. The van der Waals surface area contributed by atoms with Gasteiger partial charge in [-0.1, -0.05) is 44.7 Å². The first-order valence-corrected chi connectivity index (χ1v) is 18.9. The van der Waals surface area contributed by atoms with Gasteiger partial charge in [-0.25, -0.2) is 0 Å². The Labute approximate surface area is 310 Å². The van der Waals surface area contributed by atoms with E-state index < -0.39 is 73.3 Å². The summed E-state index contributed by atoms with van der Waals surface area (Å²) in [5.41, 5.74) is 11.5. The monoisotopic (exact) mass is 746 g/mol. The molecule has 3 aliphatic rings. The van der Waals surface area contributed by atoms with E-state index in [0.717, 1.165) is 25.7 Å². The lowest BCUT2D eigenvalue weighted by Crippen LogP contribution is -2.58. The molecule has 0 bridgehead atoms. The molecule has 1 saturated carbocycles. The fourth-order valence-corrected chi connectivity index (χ4v) is 7.64. The van der Waals surface area contributed by atoms with Crippen LogP contribution in [0.2, 0.25) is 0 Å². The summed E-state index contributed by atoms with van der Waals surface area (Å²) >= 11 is 0. The van der Waals surface area contributed by atoms with Gasteiger partial charge in [-0.3, -0.25) is 19.4 Å². The molecule has 3 amide bonds. The van der Waals surface area contributed by atoms with E-state index in [2.05, 4.69) is 22.5 Å². The van der Waals surface area contributed by atoms with E-state index in [4.69, 9.17) is 20.9 Å². The number of amides is 3. The number of hydrogen-bond acceptors (Lipinski definition) is 11. The van der Waals surface area contributed by atoms with Crippen LogP contribution in [0.25, 0.3) is 0 Å². The van der Waals surface area contributed by atoms with Crippen molar-refractivity contribution in [2.24, 2.45) is 22.4 Å². The lowest BCUT2D eigenvalue weighted by Gasteiger charge is -2.39. The van der Waals surface area contributed by atoms with Crippen molar-refractivity contribution >= 4 is 30.0 Å². The number of unbranched alkanes of at least 4 members (excludes halogenated alkanes) is 4. The highest BCUT2D eigenvalue weighted by molar-refractivity contribution is 5.94. The molecular formula is C37H58N6O10. The van der Waals surface area contributed by atoms with Gasteiger partial charge in [-0.15, -0.1) is 0 Å². The third-order valence-electron chi connectivity index (χ3n) is 10.5. The molecule has 1 aromatic rings. The molecule has 1 aliphatic carbocycles. The summed E-state index contributed by atoms with van der Waals surface area (Å²) in [7, 11) is 0. The summed E-state index contributed by atoms with van der Waals surface area (Å²) in [6.45, 7) is 1.88. The minimum absolute atomic E-state index is 0.0531. The lowest BCUT2D eigenvalue weighted by molar-refractivity contribution is -0.202. The SMILES string of the molecule is CCCCCCCC(=O)N[C@@H](Cc1ccc(O)cc1)C(=O)N1[C@H](C(=O)NC(C=O)CCCN=C(N)N)C[C@@H]2CCC(OC3OC(CO)C(O)C3O)C[C@@H]21. The zero-order valence-corrected chi connectivity index (χ0v) is 30.6. The van der Waals surface area contributed by atoms with E-state index in [1.54, 1.807) is 12.1 Å². The number of hydrogen-bond donors (Lipinski definition) is 8. The van der Waals surface area contributed by atoms with Crippen LogP contribution in [0.4, 0.5) is 0 Å². The Morgan fingerprint density at radius 3 is 2.43 bits per heavy atom. The molecule has 16 heteroatoms. The number of aliphatic hydroxyl groups is 3. The molecule has 2 aliphatic heterocycles. The number of carbonyl (C=O) groups excluding carboxylic acids is 4. The predicted molar refractivity (Wildman–Crippen MR) is 194 cm³/mol. The van der Waals surface area contributed by atoms with E-state index in [1.165, 1.54) is 17.0 Å². The van der Waals surface area contributed by atoms with Crippen molar-refractivity contribution in [3.63, 3.8) is 0 Å². The highest BCUT2D eigenvalue weighted by Crippen LogP contribution is 2.42. The van der Waals surface area contributed by atoms with Gasteiger partial charge in [-0.05, 0) is 68.6 Å². The number of aliphatic imine (C=N–C) groups is 1. The van der Waals surface area contributed by atoms with Crippen molar-refractivity contribution in [2.45, 2.75) is 145 Å². The first kappa shape index (κ1) is 41.9. The first-order valence-electron chi connectivity index (χ1n) is 18.9. The third kappa shape index (κ3) is 11.8. The topological polar surface area (TPSA) is 259 Å². The number of nitrogens with zero attached hydrogens (tertiary/aromatic N) is 2. The van der Waals surface area contributed by atoms with Crippen LogP contribution < -0.4 is 22.1 Å². The zero-order valence-electron chi connectivity index (χ0n) is 30.6. The number of nitrogens with two attached hydrogens (primary N) is 2. The van der Waals surface area contributed by atoms with Gasteiger partial charge < -0.3 is 61.7 Å². The molecule has 0 radical (unpaired) electrons. The second kappa shape index (κ2) is 20.6. The number of benzene rings is 1. The average Bonchev–Trinajstić information content (AvgIpc) is 3.65. The maximum Gasteiger partial charge on any atom is 0.246 e. The van der Waals surface area contributed by atoms with Crippen LogP contribution in [0, 0.1) is 5.92 Å². The predicted octanol–water partition coefficient (Wildman–Crippen LogP) is 0.111. The molecule has 0 aromatic heterocycles. The number of likely N-dealkylation sites (tertiary alicyclic amines) is 1. The number of rotatable bonds is 20. The number of guanidine groups is 1. The van der Waals surface area contributed by atoms with Crippen molar-refractivity contribution < 1.29 is 49.1 Å². The molecule has 10 N–H and O–H groups in total. The van der Waals surface area contributed by atoms with Gasteiger partial charge in [0.2, 0.25) is 17.7 Å². The van der Waals surface area contributed by atoms with Crippen molar-refractivity contribution in [3.05, 3.63) is 29.8 Å². The number of ether oxygens (including phenoxy) is 2. The van der Waals surface area contributed by atoms with E-state index in [1.807, 2.05) is 0 Å². The number of phenolic OH excluding ortho intramolecular Hbond substituents is 1. The van der Waals surface area contributed by atoms with E-state index >= 15 is 0 Å². The maximum atomic E-state index is 14.8. The molecule has 296 valence electrons. The summed E-state index contributed by atoms with van der Waals surface area (Å²) < 4.78 is 11.7. The lowest BCUT2D eigenvalue weighted by atomic mass is 9.83. The molecular weight excluding hydrogens is 688 g/mol. The Kier molecular flexibility index (Phi) is 16.3. The van der Waals surface area contributed by atoms with Gasteiger partial charge >= 0.3 is 0 Å². The van der Waals surface area contributed by atoms with Gasteiger partial charge in [0, 0.05) is 25.4 Å². The van der Waals surface area contributed by atoms with Crippen molar-refractivity contribution in [3.8, 4) is 5.75 Å². The largest absolute Gasteiger partial charge is 0.508 e. The van der Waals surface area contributed by atoms with Gasteiger partial charge in [-0.2, -0.15) is 0 Å². The summed E-state index contributed by atoms with van der Waals surface area (Å²) in [5.74, 6) is -1.39. The smallest absolute Gasteiger partial charge is 0.246 e. The fourth-order valence-electron chi connectivity index (χ4n) is 7.64. The molecule has 2 heterocycles. The number of aromatic hydroxyl groups is 1. The minimum atomic E-state index is -1.39. The molecule has 4 rings (SSSR count). The fraction of sp³-hybridized carbons (Fsp3) is 0.703. The van der Waals surface area contributed by atoms with Gasteiger partial charge in [0.25, 0.3) is 0 Å². The second-order valence-corrected chi connectivity index (χ2v) is 14.5. The molecule has 0 spiro atoms. The number of aliphatic hydroxyl groups excluding tert-OH is 3. The van der Waals surface area contributed by atoms with Gasteiger partial charge in [0.05, 0.1) is 18.8 Å². The van der Waals surface area contributed by atoms with Crippen LogP contribution in [0.15, 0.2) is 29.3 Å². The summed E-state index contributed by atoms with van der Waals surface area (Å²) in [5, 5.41) is 46.0. The van der Waals surface area contributed by atoms with Crippen LogP contribution >= 0.6 is 0 Å². The van der Waals surface area contributed by atoms with Crippen LogP contribution in [0.3, 0.4) is 0 Å². The third-order valence-corrected chi connectivity index (χ3v) is 10.5. The van der Waals surface area contributed by atoms with Crippen LogP contribution in [0.5, 0.6) is 5.75 Å². The number of fused-ring (bicyclic) bond motifs is 1.